The minimum atomic E-state index is 0.728. The zero-order valence-corrected chi connectivity index (χ0v) is 18.0. The number of hydrogen-bond donors (Lipinski definition) is 1. The average Bonchev–Trinajstić information content (AvgIpc) is 2.63. The topological polar surface area (TPSA) is 26.0 Å². The Bertz CT molecular complexity index is 226. The molecule has 0 radical (unpaired) electrons. The molecular weight excluding hydrogens is 302 g/mol. The normalized spacial score (nSPS) is 12.6. The van der Waals surface area contributed by atoms with Crippen LogP contribution in [0.1, 0.15) is 142 Å². The summed E-state index contributed by atoms with van der Waals surface area (Å²) >= 11 is 0. The second-order valence-corrected chi connectivity index (χ2v) is 8.49. The van der Waals surface area contributed by atoms with Crippen molar-refractivity contribution >= 4 is 0 Å². The Morgan fingerprint density at radius 2 is 0.760 bits per heavy atom. The number of hydrogen-bond acceptors (Lipinski definition) is 1. The molecule has 0 aromatic rings. The van der Waals surface area contributed by atoms with Gasteiger partial charge in [0, 0.05) is 0 Å². The molecule has 0 aromatic carbocycles. The molecule has 1 unspecified atom stereocenters. The van der Waals surface area contributed by atoms with Gasteiger partial charge in [0.15, 0.2) is 0 Å². The van der Waals surface area contributed by atoms with Crippen molar-refractivity contribution in [2.24, 2.45) is 11.7 Å². The minimum Gasteiger partial charge on any atom is -0.330 e. The molecule has 0 rings (SSSR count). The maximum atomic E-state index is 5.65. The molecule has 0 aliphatic carbocycles. The van der Waals surface area contributed by atoms with Crippen LogP contribution in [-0.4, -0.2) is 6.54 Å². The van der Waals surface area contributed by atoms with E-state index in [9.17, 15) is 0 Å². The van der Waals surface area contributed by atoms with Gasteiger partial charge in [-0.05, 0) is 18.9 Å². The molecule has 152 valence electrons. The van der Waals surface area contributed by atoms with Gasteiger partial charge in [-0.15, -0.1) is 0 Å². The first-order valence-electron chi connectivity index (χ1n) is 12.0. The summed E-state index contributed by atoms with van der Waals surface area (Å²) in [6.07, 6.45) is 29.0. The number of rotatable bonds is 21. The Hall–Kier alpha value is -0.0400. The molecule has 0 saturated carbocycles. The molecule has 0 aliphatic heterocycles. The van der Waals surface area contributed by atoms with Crippen LogP contribution in [0.5, 0.6) is 0 Å². The third-order valence-electron chi connectivity index (χ3n) is 5.70. The lowest BCUT2D eigenvalue weighted by molar-refractivity contribution is 0.484. The van der Waals surface area contributed by atoms with Crippen molar-refractivity contribution in [3.8, 4) is 0 Å². The molecule has 0 fully saturated rings. The molecule has 0 amide bonds. The van der Waals surface area contributed by atoms with Gasteiger partial charge in [0.25, 0.3) is 0 Å². The van der Waals surface area contributed by atoms with Crippen molar-refractivity contribution in [1.29, 1.82) is 0 Å². The highest BCUT2D eigenvalue weighted by molar-refractivity contribution is 4.54. The highest BCUT2D eigenvalue weighted by Gasteiger charge is 1.98. The highest BCUT2D eigenvalue weighted by atomic mass is 14.5. The molecule has 1 atom stereocenters. The van der Waals surface area contributed by atoms with E-state index in [0.29, 0.717) is 0 Å². The van der Waals surface area contributed by atoms with E-state index < -0.39 is 0 Å². The van der Waals surface area contributed by atoms with Crippen LogP contribution < -0.4 is 5.73 Å². The van der Waals surface area contributed by atoms with E-state index in [-0.39, 0.29) is 0 Å². The van der Waals surface area contributed by atoms with Crippen LogP contribution in [0.4, 0.5) is 0 Å². The predicted octanol–water partition coefficient (Wildman–Crippen LogP) is 8.40. The predicted molar refractivity (Wildman–Crippen MR) is 116 cm³/mol. The van der Waals surface area contributed by atoms with Gasteiger partial charge < -0.3 is 5.73 Å². The summed E-state index contributed by atoms with van der Waals surface area (Å²) in [5.74, 6) is 0.728. The molecule has 0 saturated heterocycles. The lowest BCUT2D eigenvalue weighted by Crippen LogP contribution is -2.10. The van der Waals surface area contributed by atoms with E-state index >= 15 is 0 Å². The van der Waals surface area contributed by atoms with Crippen LogP contribution in [0, 0.1) is 5.92 Å². The highest BCUT2D eigenvalue weighted by Crippen LogP contribution is 2.15. The fourth-order valence-electron chi connectivity index (χ4n) is 3.69. The summed E-state index contributed by atoms with van der Waals surface area (Å²) in [6.45, 7) is 5.43. The SMILES string of the molecule is CCCCCCCCCCCCCCCCCCCCCC(C)CN. The second-order valence-electron chi connectivity index (χ2n) is 8.49. The van der Waals surface area contributed by atoms with Crippen molar-refractivity contribution < 1.29 is 0 Å². The third-order valence-corrected chi connectivity index (χ3v) is 5.70. The van der Waals surface area contributed by atoms with Crippen LogP contribution in [0.2, 0.25) is 0 Å². The minimum absolute atomic E-state index is 0.728. The van der Waals surface area contributed by atoms with Crippen LogP contribution in [0.25, 0.3) is 0 Å². The maximum Gasteiger partial charge on any atom is -0.00515 e. The molecule has 1 heteroatoms. The van der Waals surface area contributed by atoms with E-state index in [4.69, 9.17) is 5.73 Å². The van der Waals surface area contributed by atoms with Gasteiger partial charge in [0.1, 0.15) is 0 Å². The van der Waals surface area contributed by atoms with Gasteiger partial charge in [-0.3, -0.25) is 0 Å². The molecule has 0 bridgehead atoms. The molecule has 0 aliphatic rings. The van der Waals surface area contributed by atoms with Crippen LogP contribution in [0.15, 0.2) is 0 Å². The first kappa shape index (κ1) is 25.0. The van der Waals surface area contributed by atoms with Crippen molar-refractivity contribution in [3.63, 3.8) is 0 Å². The van der Waals surface area contributed by atoms with Gasteiger partial charge in [0.2, 0.25) is 0 Å². The van der Waals surface area contributed by atoms with Gasteiger partial charge in [0.05, 0.1) is 0 Å². The second kappa shape index (κ2) is 22.0. The fraction of sp³-hybridized carbons (Fsp3) is 1.00. The standard InChI is InChI=1S/C24H51N/c1-3-4-5-6-7-8-9-10-11-12-13-14-15-16-17-18-19-20-21-22-24(2)23-25/h24H,3-23,25H2,1-2H3. The third kappa shape index (κ3) is 21.9. The first-order valence-corrected chi connectivity index (χ1v) is 12.0. The Morgan fingerprint density at radius 1 is 0.480 bits per heavy atom. The molecule has 0 heterocycles. The Labute approximate surface area is 160 Å². The van der Waals surface area contributed by atoms with Gasteiger partial charge >= 0.3 is 0 Å². The quantitative estimate of drug-likeness (QED) is 0.206. The van der Waals surface area contributed by atoms with Gasteiger partial charge in [-0.25, -0.2) is 0 Å². The van der Waals surface area contributed by atoms with E-state index in [1.807, 2.05) is 0 Å². The van der Waals surface area contributed by atoms with E-state index in [1.54, 1.807) is 0 Å². The van der Waals surface area contributed by atoms with Crippen LogP contribution in [-0.2, 0) is 0 Å². The van der Waals surface area contributed by atoms with E-state index in [1.165, 1.54) is 128 Å². The van der Waals surface area contributed by atoms with Crippen molar-refractivity contribution in [2.75, 3.05) is 6.54 Å². The van der Waals surface area contributed by atoms with Crippen molar-refractivity contribution in [2.45, 2.75) is 142 Å². The van der Waals surface area contributed by atoms with Gasteiger partial charge in [-0.2, -0.15) is 0 Å². The lowest BCUT2D eigenvalue weighted by Gasteiger charge is -2.07. The van der Waals surface area contributed by atoms with Gasteiger partial charge in [-0.1, -0.05) is 136 Å². The van der Waals surface area contributed by atoms with Crippen molar-refractivity contribution in [1.82, 2.24) is 0 Å². The largest absolute Gasteiger partial charge is 0.330 e. The first-order chi connectivity index (χ1) is 12.3. The number of unbranched alkanes of at least 4 members (excludes halogenated alkanes) is 18. The lowest BCUT2D eigenvalue weighted by atomic mass is 10.0. The smallest absolute Gasteiger partial charge is 0.00515 e. The Kier molecular flexibility index (Phi) is 22.0. The molecule has 2 N–H and O–H groups in total. The fourth-order valence-corrected chi connectivity index (χ4v) is 3.69. The summed E-state index contributed by atoms with van der Waals surface area (Å²) < 4.78 is 0. The van der Waals surface area contributed by atoms with Crippen LogP contribution >= 0.6 is 0 Å². The molecule has 25 heavy (non-hydrogen) atoms. The summed E-state index contributed by atoms with van der Waals surface area (Å²) in [4.78, 5) is 0. The Morgan fingerprint density at radius 3 is 1.04 bits per heavy atom. The van der Waals surface area contributed by atoms with E-state index in [0.717, 1.165) is 12.5 Å². The summed E-state index contributed by atoms with van der Waals surface area (Å²) in [6, 6.07) is 0. The summed E-state index contributed by atoms with van der Waals surface area (Å²) in [7, 11) is 0. The van der Waals surface area contributed by atoms with Crippen molar-refractivity contribution in [3.05, 3.63) is 0 Å². The molecule has 1 nitrogen and oxygen atoms in total. The molecule has 0 spiro atoms. The maximum absolute atomic E-state index is 5.65. The average molecular weight is 354 g/mol. The summed E-state index contributed by atoms with van der Waals surface area (Å²) in [5, 5.41) is 0. The van der Waals surface area contributed by atoms with Crippen LogP contribution in [0.3, 0.4) is 0 Å². The van der Waals surface area contributed by atoms with E-state index in [2.05, 4.69) is 13.8 Å². The zero-order valence-electron chi connectivity index (χ0n) is 18.0. The zero-order chi connectivity index (χ0) is 18.4. The monoisotopic (exact) mass is 353 g/mol. The number of nitrogens with two attached hydrogens (primary N) is 1. The molecular formula is C24H51N. The Balaban J connectivity index is 2.98. The molecule has 0 aromatic heterocycles. The summed E-state index contributed by atoms with van der Waals surface area (Å²) in [5.41, 5.74) is 5.65.